The summed E-state index contributed by atoms with van der Waals surface area (Å²) >= 11 is 0. The van der Waals surface area contributed by atoms with Gasteiger partial charge in [0.05, 0.1) is 13.2 Å². The minimum atomic E-state index is -2.80. The van der Waals surface area contributed by atoms with Gasteiger partial charge in [-0.25, -0.2) is 0 Å². The summed E-state index contributed by atoms with van der Waals surface area (Å²) in [7, 11) is -5.33. The maximum atomic E-state index is 5.71. The van der Waals surface area contributed by atoms with Crippen molar-refractivity contribution in [2.24, 2.45) is 0 Å². The molecule has 176 valence electrons. The van der Waals surface area contributed by atoms with Gasteiger partial charge in [-0.1, -0.05) is 0 Å². The third kappa shape index (κ3) is 13.9. The van der Waals surface area contributed by atoms with Crippen LogP contribution in [0, 0.1) is 0 Å². The lowest BCUT2D eigenvalue weighted by molar-refractivity contribution is -0.109. The smallest absolute Gasteiger partial charge is 0.374 e. The molecule has 29 heavy (non-hydrogen) atoms. The molecule has 0 aromatic rings. The first kappa shape index (κ1) is 29.1. The maximum absolute atomic E-state index is 5.71. The van der Waals surface area contributed by atoms with Crippen molar-refractivity contribution in [3.63, 3.8) is 0 Å². The van der Waals surface area contributed by atoms with Crippen molar-refractivity contribution in [2.75, 3.05) is 52.9 Å². The van der Waals surface area contributed by atoms with Crippen LogP contribution < -0.4 is 0 Å². The molecule has 1 saturated heterocycles. The van der Waals surface area contributed by atoms with Crippen LogP contribution in [0.25, 0.3) is 0 Å². The van der Waals surface area contributed by atoms with Crippen LogP contribution in [-0.4, -0.2) is 83.1 Å². The Kier molecular flexibility index (Phi) is 16.8. The Morgan fingerprint density at radius 1 is 0.759 bits per heavy atom. The van der Waals surface area contributed by atoms with Crippen molar-refractivity contribution in [1.82, 2.24) is 0 Å². The highest BCUT2D eigenvalue weighted by Gasteiger charge is 2.44. The zero-order valence-electron chi connectivity index (χ0n) is 19.5. The molecule has 0 spiro atoms. The average molecular weight is 459 g/mol. The van der Waals surface area contributed by atoms with Gasteiger partial charge in [0.2, 0.25) is 0 Å². The van der Waals surface area contributed by atoms with E-state index in [1.54, 1.807) is 0 Å². The maximum Gasteiger partial charge on any atom is 0.679 e. The van der Waals surface area contributed by atoms with Crippen molar-refractivity contribution >= 4 is 17.9 Å². The third-order valence-corrected chi connectivity index (χ3v) is 8.35. The van der Waals surface area contributed by atoms with Crippen LogP contribution in [0.4, 0.5) is 0 Å². The summed E-state index contributed by atoms with van der Waals surface area (Å²) < 4.78 is 49.0. The highest BCUT2D eigenvalue weighted by Crippen LogP contribution is 2.15. The minimum absolute atomic E-state index is 0.248. The zero-order chi connectivity index (χ0) is 22.2. The quantitative estimate of drug-likeness (QED) is 0.185. The first-order valence-electron chi connectivity index (χ1n) is 10.6. The predicted molar refractivity (Wildman–Crippen MR) is 113 cm³/mol. The molecule has 0 saturated carbocycles. The van der Waals surface area contributed by atoms with Gasteiger partial charge in [0.1, 0.15) is 12.4 Å². The predicted octanol–water partition coefficient (Wildman–Crippen LogP) is 2.97. The van der Waals surface area contributed by atoms with Crippen molar-refractivity contribution in [1.29, 1.82) is 0 Å². The Hall–Kier alpha value is 0.0738. The first-order valence-corrected chi connectivity index (χ1v) is 14.4. The van der Waals surface area contributed by atoms with Gasteiger partial charge in [-0.05, 0) is 48.5 Å². The number of hydrogen-bond acceptors (Lipinski definition) is 9. The molecule has 0 aliphatic carbocycles. The van der Waals surface area contributed by atoms with Gasteiger partial charge >= 0.3 is 17.9 Å². The van der Waals surface area contributed by atoms with E-state index in [-0.39, 0.29) is 12.4 Å². The molecule has 2 unspecified atom stereocenters. The molecular formula is C18H42O9Si2. The average Bonchev–Trinajstić information content (AvgIpc) is 3.46. The van der Waals surface area contributed by atoms with Crippen LogP contribution in [0.2, 0.25) is 6.55 Å². The van der Waals surface area contributed by atoms with E-state index >= 15 is 0 Å². The normalized spacial score (nSPS) is 17.6. The SMILES string of the molecule is CCO[Si](C)(OCC)OC(C)OCC1CO1.CCO[Si](OCC)(OCC)OCC. The Morgan fingerprint density at radius 2 is 1.14 bits per heavy atom. The molecule has 1 rings (SSSR count). The second-order valence-corrected chi connectivity index (χ2v) is 10.6. The molecule has 11 heteroatoms. The molecule has 1 fully saturated rings. The van der Waals surface area contributed by atoms with Crippen LogP contribution in [0.5, 0.6) is 0 Å². The molecule has 2 atom stereocenters. The van der Waals surface area contributed by atoms with E-state index in [0.29, 0.717) is 46.2 Å². The molecule has 0 aromatic heterocycles. The monoisotopic (exact) mass is 458 g/mol. The fourth-order valence-electron chi connectivity index (χ4n) is 2.33. The highest BCUT2D eigenvalue weighted by molar-refractivity contribution is 6.59. The second-order valence-electron chi connectivity index (χ2n) is 5.93. The molecule has 0 N–H and O–H groups in total. The molecule has 1 aliphatic heterocycles. The summed E-state index contributed by atoms with van der Waals surface area (Å²) in [5.74, 6) is 0. The fraction of sp³-hybridized carbons (Fsp3) is 1.00. The molecule has 0 amide bonds. The lowest BCUT2D eigenvalue weighted by Gasteiger charge is -2.28. The van der Waals surface area contributed by atoms with E-state index in [1.165, 1.54) is 0 Å². The summed E-state index contributed by atoms with van der Waals surface area (Å²) in [6, 6.07) is 0. The standard InChI is InChI=1S/C10H22O5Si.C8H20O4Si/c1-5-13-16(4,14-6-2)15-9(3)11-7-10-8-12-10;1-5-9-13(10-6-2,11-7-3)12-8-4/h9-10H,5-8H2,1-4H3;5-8H2,1-4H3. The second kappa shape index (κ2) is 16.7. The van der Waals surface area contributed by atoms with E-state index in [1.807, 2.05) is 55.0 Å². The Morgan fingerprint density at radius 3 is 1.45 bits per heavy atom. The van der Waals surface area contributed by atoms with Gasteiger partial charge in [-0.2, -0.15) is 0 Å². The van der Waals surface area contributed by atoms with Crippen LogP contribution in [0.15, 0.2) is 0 Å². The molecular weight excluding hydrogens is 416 g/mol. The van der Waals surface area contributed by atoms with Crippen molar-refractivity contribution in [3.05, 3.63) is 0 Å². The van der Waals surface area contributed by atoms with Gasteiger partial charge < -0.3 is 40.5 Å². The Labute approximate surface area is 179 Å². The van der Waals surface area contributed by atoms with Gasteiger partial charge in [0, 0.05) is 46.2 Å². The van der Waals surface area contributed by atoms with Crippen molar-refractivity contribution in [2.45, 2.75) is 67.4 Å². The summed E-state index contributed by atoms with van der Waals surface area (Å²) in [5, 5.41) is 0. The van der Waals surface area contributed by atoms with Gasteiger partial charge in [-0.15, -0.1) is 0 Å². The third-order valence-electron chi connectivity index (χ3n) is 3.40. The van der Waals surface area contributed by atoms with Crippen LogP contribution in [-0.2, 0) is 40.5 Å². The van der Waals surface area contributed by atoms with E-state index in [4.69, 9.17) is 40.5 Å². The van der Waals surface area contributed by atoms with Crippen molar-refractivity contribution in [3.8, 4) is 0 Å². The summed E-state index contributed by atoms with van der Waals surface area (Å²) in [4.78, 5) is 0. The highest BCUT2D eigenvalue weighted by atomic mass is 28.4. The number of rotatable bonds is 17. The molecule has 1 aliphatic rings. The van der Waals surface area contributed by atoms with E-state index < -0.39 is 17.9 Å². The molecule has 0 bridgehead atoms. The molecule has 0 radical (unpaired) electrons. The summed E-state index contributed by atoms with van der Waals surface area (Å²) in [5.41, 5.74) is 0. The van der Waals surface area contributed by atoms with Gasteiger partial charge in [-0.3, -0.25) is 0 Å². The number of ether oxygens (including phenoxy) is 2. The van der Waals surface area contributed by atoms with Crippen molar-refractivity contribution < 1.29 is 40.5 Å². The Balaban J connectivity index is 0.000000555. The van der Waals surface area contributed by atoms with E-state index in [9.17, 15) is 0 Å². The van der Waals surface area contributed by atoms with E-state index in [2.05, 4.69) is 0 Å². The number of epoxide rings is 1. The molecule has 1 heterocycles. The lowest BCUT2D eigenvalue weighted by atomic mass is 10.5. The Bertz CT molecular complexity index is 351. The minimum Gasteiger partial charge on any atom is -0.374 e. The van der Waals surface area contributed by atoms with E-state index in [0.717, 1.165) is 6.61 Å². The van der Waals surface area contributed by atoms with Crippen LogP contribution >= 0.6 is 0 Å². The van der Waals surface area contributed by atoms with Gasteiger partial charge in [0.25, 0.3) is 0 Å². The summed E-state index contributed by atoms with van der Waals surface area (Å²) in [6.07, 6.45) is -0.0721. The fourth-order valence-corrected chi connectivity index (χ4v) is 6.19. The number of hydrogen-bond donors (Lipinski definition) is 0. The molecule has 0 aromatic carbocycles. The lowest BCUT2D eigenvalue weighted by Crippen LogP contribution is -2.49. The van der Waals surface area contributed by atoms with Gasteiger partial charge in [0.15, 0.2) is 0 Å². The van der Waals surface area contributed by atoms with Crippen LogP contribution in [0.3, 0.4) is 0 Å². The molecule has 9 nitrogen and oxygen atoms in total. The van der Waals surface area contributed by atoms with Crippen LogP contribution in [0.1, 0.15) is 48.5 Å². The largest absolute Gasteiger partial charge is 0.679 e. The summed E-state index contributed by atoms with van der Waals surface area (Å²) in [6.45, 7) is 19.9. The topological polar surface area (TPSA) is 86.4 Å². The zero-order valence-corrected chi connectivity index (χ0v) is 21.5. The first-order chi connectivity index (χ1) is 13.8.